The van der Waals surface area contributed by atoms with Gasteiger partial charge in [0, 0.05) is 11.8 Å². The average Bonchev–Trinajstić information content (AvgIpc) is 2.46. The number of carbonyl (C=O) groups is 2. The number of anilines is 1. The van der Waals surface area contributed by atoms with Gasteiger partial charge in [0.2, 0.25) is 5.91 Å². The monoisotopic (exact) mass is 267 g/mol. The number of hydrogen-bond donors (Lipinski definition) is 2. The van der Waals surface area contributed by atoms with Gasteiger partial charge in [-0.15, -0.1) is 0 Å². The minimum Gasteiger partial charge on any atom is -0.478 e. The molecule has 0 fully saturated rings. The number of aliphatic carboxylic acids is 1. The molecule has 0 aliphatic heterocycles. The summed E-state index contributed by atoms with van der Waals surface area (Å²) in [6.45, 7) is 0. The van der Waals surface area contributed by atoms with Crippen molar-refractivity contribution in [1.29, 1.82) is 0 Å². The van der Waals surface area contributed by atoms with Crippen LogP contribution in [0.25, 0.3) is 5.57 Å². The molecule has 0 atom stereocenters. The fourth-order valence-corrected chi connectivity index (χ4v) is 1.72. The molecule has 0 aliphatic rings. The van der Waals surface area contributed by atoms with Crippen molar-refractivity contribution < 1.29 is 14.7 Å². The predicted octanol–water partition coefficient (Wildman–Crippen LogP) is 2.79. The summed E-state index contributed by atoms with van der Waals surface area (Å²) in [4.78, 5) is 23.1. The van der Waals surface area contributed by atoms with Crippen molar-refractivity contribution in [1.82, 2.24) is 0 Å². The lowest BCUT2D eigenvalue weighted by atomic mass is 10.1. The molecule has 0 aromatic heterocycles. The SMILES string of the molecule is O=C(/C=C(\C(=O)O)c1ccccc1)Nc1ccccc1. The van der Waals surface area contributed by atoms with Crippen LogP contribution < -0.4 is 5.32 Å². The van der Waals surface area contributed by atoms with Gasteiger partial charge in [0.1, 0.15) is 0 Å². The van der Waals surface area contributed by atoms with Gasteiger partial charge in [-0.3, -0.25) is 4.79 Å². The number of carboxylic acids is 1. The zero-order chi connectivity index (χ0) is 14.4. The number of hydrogen-bond acceptors (Lipinski definition) is 2. The summed E-state index contributed by atoms with van der Waals surface area (Å²) in [6.07, 6.45) is 1.09. The van der Waals surface area contributed by atoms with Crippen molar-refractivity contribution in [3.63, 3.8) is 0 Å². The fourth-order valence-electron chi connectivity index (χ4n) is 1.72. The lowest BCUT2D eigenvalue weighted by Crippen LogP contribution is -2.11. The molecule has 2 N–H and O–H groups in total. The van der Waals surface area contributed by atoms with Gasteiger partial charge in [-0.1, -0.05) is 48.5 Å². The molecule has 0 bridgehead atoms. The van der Waals surface area contributed by atoms with Crippen molar-refractivity contribution in [2.24, 2.45) is 0 Å². The van der Waals surface area contributed by atoms with E-state index in [1.807, 2.05) is 6.07 Å². The van der Waals surface area contributed by atoms with Crippen LogP contribution in [0.4, 0.5) is 5.69 Å². The first-order valence-corrected chi connectivity index (χ1v) is 6.03. The maximum Gasteiger partial charge on any atom is 0.336 e. The highest BCUT2D eigenvalue weighted by Gasteiger charge is 2.12. The molecule has 0 heterocycles. The van der Waals surface area contributed by atoms with Crippen molar-refractivity contribution in [3.8, 4) is 0 Å². The molecule has 20 heavy (non-hydrogen) atoms. The summed E-state index contributed by atoms with van der Waals surface area (Å²) >= 11 is 0. The van der Waals surface area contributed by atoms with E-state index in [9.17, 15) is 14.7 Å². The van der Waals surface area contributed by atoms with Crippen molar-refractivity contribution in [2.45, 2.75) is 0 Å². The Morgan fingerprint density at radius 3 is 2.00 bits per heavy atom. The van der Waals surface area contributed by atoms with Gasteiger partial charge in [-0.25, -0.2) is 4.79 Å². The molecule has 0 radical (unpaired) electrons. The standard InChI is InChI=1S/C16H13NO3/c18-15(17-13-9-5-2-6-10-13)11-14(16(19)20)12-7-3-1-4-8-12/h1-11H,(H,17,18)(H,19,20)/b14-11-. The Hall–Kier alpha value is -2.88. The van der Waals surface area contributed by atoms with E-state index in [1.54, 1.807) is 54.6 Å². The van der Waals surface area contributed by atoms with Crippen LogP contribution in [0.1, 0.15) is 5.56 Å². The highest BCUT2D eigenvalue weighted by Crippen LogP contribution is 2.14. The molecular weight excluding hydrogens is 254 g/mol. The molecule has 2 aromatic rings. The van der Waals surface area contributed by atoms with Gasteiger partial charge in [0.15, 0.2) is 0 Å². The van der Waals surface area contributed by atoms with Gasteiger partial charge >= 0.3 is 5.97 Å². The molecule has 0 unspecified atom stereocenters. The predicted molar refractivity (Wildman–Crippen MR) is 77.1 cm³/mol. The van der Waals surface area contributed by atoms with E-state index < -0.39 is 11.9 Å². The molecule has 100 valence electrons. The molecule has 2 aromatic carbocycles. The van der Waals surface area contributed by atoms with Crippen LogP contribution in [-0.2, 0) is 9.59 Å². The third-order valence-corrected chi connectivity index (χ3v) is 2.63. The smallest absolute Gasteiger partial charge is 0.336 e. The highest BCUT2D eigenvalue weighted by molar-refractivity contribution is 6.21. The van der Waals surface area contributed by atoms with E-state index in [1.165, 1.54) is 0 Å². The molecule has 0 saturated heterocycles. The second-order valence-corrected chi connectivity index (χ2v) is 4.08. The van der Waals surface area contributed by atoms with Crippen molar-refractivity contribution in [3.05, 3.63) is 72.3 Å². The zero-order valence-corrected chi connectivity index (χ0v) is 10.6. The Morgan fingerprint density at radius 2 is 1.45 bits per heavy atom. The van der Waals surface area contributed by atoms with Crippen LogP contribution in [0.5, 0.6) is 0 Å². The largest absolute Gasteiger partial charge is 0.478 e. The summed E-state index contributed by atoms with van der Waals surface area (Å²) in [5, 5.41) is 11.8. The minimum atomic E-state index is -1.14. The summed E-state index contributed by atoms with van der Waals surface area (Å²) in [5.74, 6) is -1.61. The van der Waals surface area contributed by atoms with Gasteiger partial charge in [-0.2, -0.15) is 0 Å². The number of rotatable bonds is 4. The molecule has 0 spiro atoms. The summed E-state index contributed by atoms with van der Waals surface area (Å²) < 4.78 is 0. The Kier molecular flexibility index (Phi) is 4.29. The van der Waals surface area contributed by atoms with E-state index in [4.69, 9.17) is 0 Å². The average molecular weight is 267 g/mol. The summed E-state index contributed by atoms with van der Waals surface area (Å²) in [6, 6.07) is 17.4. The third kappa shape index (κ3) is 3.55. The number of nitrogens with one attached hydrogen (secondary N) is 1. The Labute approximate surface area is 116 Å². The molecule has 0 aliphatic carbocycles. The van der Waals surface area contributed by atoms with E-state index >= 15 is 0 Å². The van der Waals surface area contributed by atoms with Gasteiger partial charge in [-0.05, 0) is 17.7 Å². The topological polar surface area (TPSA) is 66.4 Å². The fraction of sp³-hybridized carbons (Fsp3) is 0. The van der Waals surface area contributed by atoms with Crippen molar-refractivity contribution in [2.75, 3.05) is 5.32 Å². The van der Waals surface area contributed by atoms with E-state index in [0.717, 1.165) is 6.08 Å². The number of carbonyl (C=O) groups excluding carboxylic acids is 1. The Morgan fingerprint density at radius 1 is 0.900 bits per heavy atom. The quantitative estimate of drug-likeness (QED) is 0.837. The number of carboxylic acid groups (broad SMARTS) is 1. The first kappa shape index (κ1) is 13.5. The molecule has 0 saturated carbocycles. The number of benzene rings is 2. The lowest BCUT2D eigenvalue weighted by molar-refractivity contribution is -0.130. The second kappa shape index (κ2) is 6.33. The molecular formula is C16H13NO3. The van der Waals surface area contributed by atoms with Crippen LogP contribution >= 0.6 is 0 Å². The molecule has 4 heteroatoms. The summed E-state index contributed by atoms with van der Waals surface area (Å²) in [7, 11) is 0. The maximum atomic E-state index is 11.8. The van der Waals surface area contributed by atoms with Gasteiger partial charge < -0.3 is 10.4 Å². The van der Waals surface area contributed by atoms with Crippen LogP contribution in [0.15, 0.2) is 66.7 Å². The third-order valence-electron chi connectivity index (χ3n) is 2.63. The second-order valence-electron chi connectivity index (χ2n) is 4.08. The molecule has 4 nitrogen and oxygen atoms in total. The number of para-hydroxylation sites is 1. The van der Waals surface area contributed by atoms with Crippen LogP contribution in [0.2, 0.25) is 0 Å². The Balaban J connectivity index is 2.22. The highest BCUT2D eigenvalue weighted by atomic mass is 16.4. The first-order valence-electron chi connectivity index (χ1n) is 6.03. The molecule has 2 rings (SSSR count). The lowest BCUT2D eigenvalue weighted by Gasteiger charge is -2.04. The minimum absolute atomic E-state index is 0.0426. The van der Waals surface area contributed by atoms with E-state index in [2.05, 4.69) is 5.32 Å². The van der Waals surface area contributed by atoms with E-state index in [-0.39, 0.29) is 5.57 Å². The van der Waals surface area contributed by atoms with Crippen molar-refractivity contribution >= 4 is 23.1 Å². The summed E-state index contributed by atoms with van der Waals surface area (Å²) in [5.41, 5.74) is 1.06. The first-order chi connectivity index (χ1) is 9.66. The van der Waals surface area contributed by atoms with Crippen LogP contribution in [0.3, 0.4) is 0 Å². The molecule has 1 amide bonds. The number of amides is 1. The van der Waals surface area contributed by atoms with Crippen LogP contribution in [-0.4, -0.2) is 17.0 Å². The van der Waals surface area contributed by atoms with Gasteiger partial charge in [0.25, 0.3) is 0 Å². The Bertz CT molecular complexity index is 633. The normalized spacial score (nSPS) is 10.9. The van der Waals surface area contributed by atoms with Crippen LogP contribution in [0, 0.1) is 0 Å². The van der Waals surface area contributed by atoms with Gasteiger partial charge in [0.05, 0.1) is 5.57 Å². The van der Waals surface area contributed by atoms with E-state index in [0.29, 0.717) is 11.3 Å². The maximum absolute atomic E-state index is 11.8. The zero-order valence-electron chi connectivity index (χ0n) is 10.6.